The van der Waals surface area contributed by atoms with Gasteiger partial charge >= 0.3 is 0 Å². The Morgan fingerprint density at radius 3 is 2.28 bits per heavy atom. The Bertz CT molecular complexity index is 984. The zero-order chi connectivity index (χ0) is 20.8. The quantitative estimate of drug-likeness (QED) is 0.325. The van der Waals surface area contributed by atoms with Crippen LogP contribution in [0.15, 0.2) is 65.7 Å². The Morgan fingerprint density at radius 1 is 0.862 bits per heavy atom. The van der Waals surface area contributed by atoms with E-state index in [0.29, 0.717) is 0 Å². The van der Waals surface area contributed by atoms with Crippen LogP contribution in [-0.2, 0) is 12.8 Å². The van der Waals surface area contributed by atoms with Crippen molar-refractivity contribution in [3.63, 3.8) is 0 Å². The van der Waals surface area contributed by atoms with Crippen molar-refractivity contribution in [2.45, 2.75) is 40.5 Å². The molecule has 0 saturated heterocycles. The van der Waals surface area contributed by atoms with Crippen molar-refractivity contribution in [1.82, 2.24) is 4.90 Å². The van der Waals surface area contributed by atoms with Crippen molar-refractivity contribution < 1.29 is 0 Å². The summed E-state index contributed by atoms with van der Waals surface area (Å²) >= 11 is 0. The molecule has 0 aromatic heterocycles. The Balaban J connectivity index is 1.80. The summed E-state index contributed by atoms with van der Waals surface area (Å²) in [4.78, 5) is 6.73. The predicted molar refractivity (Wildman–Crippen MR) is 126 cm³/mol. The molecule has 0 aliphatic heterocycles. The minimum Gasteiger partial charge on any atom is -0.366 e. The molecule has 0 unspecified atom stereocenters. The number of nitrogens with zero attached hydrogens (tertiary/aromatic N) is 2. The first-order valence-corrected chi connectivity index (χ1v) is 10.5. The number of hydrogen-bond donors (Lipinski definition) is 0. The van der Waals surface area contributed by atoms with E-state index in [9.17, 15) is 0 Å². The molecular formula is C27H32N2. The molecule has 0 heterocycles. The summed E-state index contributed by atoms with van der Waals surface area (Å²) in [5.41, 5.74) is 10.3. The minimum absolute atomic E-state index is 0.946. The second-order valence-electron chi connectivity index (χ2n) is 7.77. The van der Waals surface area contributed by atoms with Gasteiger partial charge in [-0.2, -0.15) is 0 Å². The van der Waals surface area contributed by atoms with E-state index < -0.39 is 0 Å². The van der Waals surface area contributed by atoms with Crippen molar-refractivity contribution in [2.24, 2.45) is 4.99 Å². The van der Waals surface area contributed by atoms with Crippen LogP contribution in [0.4, 0.5) is 5.69 Å². The van der Waals surface area contributed by atoms with Crippen LogP contribution in [-0.4, -0.2) is 24.8 Å². The molecule has 0 saturated carbocycles. The van der Waals surface area contributed by atoms with Crippen molar-refractivity contribution in [1.29, 1.82) is 0 Å². The van der Waals surface area contributed by atoms with Gasteiger partial charge in [-0.25, -0.2) is 4.99 Å². The molecule has 3 aromatic carbocycles. The van der Waals surface area contributed by atoms with E-state index in [1.54, 1.807) is 0 Å². The molecule has 0 fully saturated rings. The fourth-order valence-corrected chi connectivity index (χ4v) is 3.56. The van der Waals surface area contributed by atoms with Gasteiger partial charge in [-0.3, -0.25) is 0 Å². The summed E-state index contributed by atoms with van der Waals surface area (Å²) in [5.74, 6) is 0. The summed E-state index contributed by atoms with van der Waals surface area (Å²) in [6.45, 7) is 9.62. The molecule has 0 aliphatic rings. The molecule has 0 N–H and O–H groups in total. The summed E-state index contributed by atoms with van der Waals surface area (Å²) in [7, 11) is 2.04. The van der Waals surface area contributed by atoms with Gasteiger partial charge in [0.2, 0.25) is 0 Å². The number of aliphatic imine (C=N–C) groups is 1. The van der Waals surface area contributed by atoms with E-state index >= 15 is 0 Å². The maximum absolute atomic E-state index is 4.65. The molecule has 3 rings (SSSR count). The minimum atomic E-state index is 0.946. The van der Waals surface area contributed by atoms with E-state index in [0.717, 1.165) is 25.1 Å². The lowest BCUT2D eigenvalue weighted by molar-refractivity contribution is 0.552. The molecule has 0 spiro atoms. The second kappa shape index (κ2) is 9.56. The lowest BCUT2D eigenvalue weighted by atomic mass is 9.94. The van der Waals surface area contributed by atoms with Crippen LogP contribution < -0.4 is 0 Å². The SMILES string of the molecule is CCc1ccccc1-c1ccc(Cc2cc(C)c(/N=C/N(C)CC)cc2C)cc1. The standard InChI is InChI=1S/C27H32N2/c1-6-23-10-8-9-11-26(23)24-14-12-22(13-15-24)18-25-16-21(4)27(17-20(25)3)28-19-29(5)7-2/h8-17,19H,6-7,18H2,1-5H3/b28-19+. The molecule has 0 bridgehead atoms. The first-order chi connectivity index (χ1) is 14.0. The maximum Gasteiger partial charge on any atom is 0.0909 e. The molecular weight excluding hydrogens is 352 g/mol. The Hall–Kier alpha value is -2.87. The van der Waals surface area contributed by atoms with Gasteiger partial charge in [0.05, 0.1) is 12.0 Å². The van der Waals surface area contributed by atoms with Crippen LogP contribution >= 0.6 is 0 Å². The van der Waals surface area contributed by atoms with Crippen LogP contribution in [0.1, 0.15) is 41.7 Å². The molecule has 2 nitrogen and oxygen atoms in total. The molecule has 150 valence electrons. The van der Waals surface area contributed by atoms with E-state index in [1.807, 2.05) is 13.4 Å². The van der Waals surface area contributed by atoms with Gasteiger partial charge in [0.25, 0.3) is 0 Å². The fourth-order valence-electron chi connectivity index (χ4n) is 3.56. The number of rotatable bonds is 7. The van der Waals surface area contributed by atoms with Gasteiger partial charge in [0.1, 0.15) is 0 Å². The lowest BCUT2D eigenvalue weighted by Crippen LogP contribution is -2.14. The summed E-state index contributed by atoms with van der Waals surface area (Å²) in [6, 6.07) is 22.2. The zero-order valence-electron chi connectivity index (χ0n) is 18.4. The number of benzene rings is 3. The van der Waals surface area contributed by atoms with Gasteiger partial charge in [-0.1, -0.05) is 61.5 Å². The second-order valence-corrected chi connectivity index (χ2v) is 7.77. The molecule has 3 aromatic rings. The van der Waals surface area contributed by atoms with Gasteiger partial charge in [-0.05, 0) is 78.6 Å². The first kappa shape index (κ1) is 20.9. The smallest absolute Gasteiger partial charge is 0.0909 e. The highest BCUT2D eigenvalue weighted by Crippen LogP contribution is 2.27. The largest absolute Gasteiger partial charge is 0.366 e. The van der Waals surface area contributed by atoms with E-state index in [1.165, 1.54) is 38.9 Å². The maximum atomic E-state index is 4.65. The highest BCUT2D eigenvalue weighted by atomic mass is 15.1. The average molecular weight is 385 g/mol. The molecule has 2 heteroatoms. The highest BCUT2D eigenvalue weighted by Gasteiger charge is 2.07. The van der Waals surface area contributed by atoms with Crippen LogP contribution in [0.5, 0.6) is 0 Å². The Labute approximate surface area is 175 Å². The highest BCUT2D eigenvalue weighted by molar-refractivity contribution is 5.68. The third-order valence-corrected chi connectivity index (χ3v) is 5.61. The third-order valence-electron chi connectivity index (χ3n) is 5.61. The van der Waals surface area contributed by atoms with Crippen molar-refractivity contribution in [3.8, 4) is 11.1 Å². The Morgan fingerprint density at radius 2 is 1.59 bits per heavy atom. The van der Waals surface area contributed by atoms with Crippen LogP contribution in [0.25, 0.3) is 11.1 Å². The summed E-state index contributed by atoms with van der Waals surface area (Å²) in [6.07, 6.45) is 3.91. The molecule has 0 radical (unpaired) electrons. The van der Waals surface area contributed by atoms with Gasteiger partial charge < -0.3 is 4.90 Å². The predicted octanol–water partition coefficient (Wildman–Crippen LogP) is 6.74. The monoisotopic (exact) mass is 384 g/mol. The zero-order valence-corrected chi connectivity index (χ0v) is 18.4. The first-order valence-electron chi connectivity index (χ1n) is 10.5. The van der Waals surface area contributed by atoms with Gasteiger partial charge in [0.15, 0.2) is 0 Å². The van der Waals surface area contributed by atoms with Crippen LogP contribution in [0.3, 0.4) is 0 Å². The molecule has 0 amide bonds. The number of aryl methyl sites for hydroxylation is 3. The molecule has 0 atom stereocenters. The lowest BCUT2D eigenvalue weighted by Gasteiger charge is -2.13. The summed E-state index contributed by atoms with van der Waals surface area (Å²) < 4.78 is 0. The normalized spacial score (nSPS) is 11.2. The van der Waals surface area contributed by atoms with E-state index in [-0.39, 0.29) is 0 Å². The molecule has 29 heavy (non-hydrogen) atoms. The third kappa shape index (κ3) is 5.14. The topological polar surface area (TPSA) is 15.6 Å². The van der Waals surface area contributed by atoms with E-state index in [4.69, 9.17) is 0 Å². The molecule has 0 aliphatic carbocycles. The fraction of sp³-hybridized carbons (Fsp3) is 0.296. The Kier molecular flexibility index (Phi) is 6.87. The average Bonchev–Trinajstić information content (AvgIpc) is 2.75. The van der Waals surface area contributed by atoms with E-state index in [2.05, 4.69) is 98.3 Å². The number of hydrogen-bond acceptors (Lipinski definition) is 1. The van der Waals surface area contributed by atoms with Crippen LogP contribution in [0.2, 0.25) is 0 Å². The van der Waals surface area contributed by atoms with Crippen LogP contribution in [0, 0.1) is 13.8 Å². The van der Waals surface area contributed by atoms with Crippen molar-refractivity contribution in [2.75, 3.05) is 13.6 Å². The van der Waals surface area contributed by atoms with Gasteiger partial charge in [0, 0.05) is 13.6 Å². The van der Waals surface area contributed by atoms with Crippen molar-refractivity contribution >= 4 is 12.0 Å². The summed E-state index contributed by atoms with van der Waals surface area (Å²) in [5, 5.41) is 0. The van der Waals surface area contributed by atoms with Gasteiger partial charge in [-0.15, -0.1) is 0 Å². The van der Waals surface area contributed by atoms with Crippen molar-refractivity contribution in [3.05, 3.63) is 88.5 Å².